The van der Waals surface area contributed by atoms with Gasteiger partial charge in [-0.1, -0.05) is 18.2 Å². The fourth-order valence-corrected chi connectivity index (χ4v) is 3.03. The summed E-state index contributed by atoms with van der Waals surface area (Å²) in [5.41, 5.74) is 3.43. The first-order valence-corrected chi connectivity index (χ1v) is 9.17. The lowest BCUT2D eigenvalue weighted by atomic mass is 10.1. The van der Waals surface area contributed by atoms with E-state index in [0.29, 0.717) is 28.4 Å². The summed E-state index contributed by atoms with van der Waals surface area (Å²) < 4.78 is 11.7. The monoisotopic (exact) mass is 490 g/mol. The van der Waals surface area contributed by atoms with Crippen molar-refractivity contribution in [3.8, 4) is 17.1 Å². The van der Waals surface area contributed by atoms with Crippen LogP contribution in [0.4, 0.5) is 0 Å². The number of carboxylic acids is 1. The van der Waals surface area contributed by atoms with Crippen molar-refractivity contribution in [1.82, 2.24) is 5.43 Å². The SMILES string of the molecule is COc1cc(C(=O)N/N=C\c2ccc(-c3ccccc3C(=O)O)o2)ccc1I. The Morgan fingerprint density at radius 2 is 1.96 bits per heavy atom. The molecule has 0 saturated carbocycles. The van der Waals surface area contributed by atoms with E-state index in [9.17, 15) is 14.7 Å². The van der Waals surface area contributed by atoms with Crippen LogP contribution in [0.3, 0.4) is 0 Å². The summed E-state index contributed by atoms with van der Waals surface area (Å²) in [7, 11) is 1.54. The van der Waals surface area contributed by atoms with Crippen molar-refractivity contribution in [2.75, 3.05) is 7.11 Å². The molecule has 2 aromatic carbocycles. The number of carbonyl (C=O) groups excluding carboxylic acids is 1. The second-order valence-electron chi connectivity index (χ2n) is 5.60. The van der Waals surface area contributed by atoms with E-state index in [2.05, 4.69) is 33.1 Å². The zero-order valence-electron chi connectivity index (χ0n) is 14.7. The number of methoxy groups -OCH3 is 1. The van der Waals surface area contributed by atoms with Crippen molar-refractivity contribution in [2.45, 2.75) is 0 Å². The number of halogens is 1. The molecule has 0 aliphatic rings. The van der Waals surface area contributed by atoms with Crippen LogP contribution in [0.5, 0.6) is 5.75 Å². The van der Waals surface area contributed by atoms with E-state index >= 15 is 0 Å². The van der Waals surface area contributed by atoms with E-state index in [-0.39, 0.29) is 5.56 Å². The van der Waals surface area contributed by atoms with E-state index in [1.807, 2.05) is 0 Å². The molecular formula is C20H15IN2O5. The molecule has 0 unspecified atom stereocenters. The van der Waals surface area contributed by atoms with Gasteiger partial charge in [0.1, 0.15) is 17.3 Å². The van der Waals surface area contributed by atoms with E-state index in [4.69, 9.17) is 9.15 Å². The number of nitrogens with one attached hydrogen (secondary N) is 1. The Labute approximate surface area is 174 Å². The number of furan rings is 1. The Kier molecular flexibility index (Phi) is 6.09. The molecule has 0 aliphatic heterocycles. The number of hydrogen-bond acceptors (Lipinski definition) is 5. The molecule has 1 heterocycles. The van der Waals surface area contributed by atoms with Crippen molar-refractivity contribution in [1.29, 1.82) is 0 Å². The summed E-state index contributed by atoms with van der Waals surface area (Å²) in [6.07, 6.45) is 1.34. The number of carboxylic acid groups (broad SMARTS) is 1. The fraction of sp³-hybridized carbons (Fsp3) is 0.0500. The lowest BCUT2D eigenvalue weighted by Crippen LogP contribution is -2.17. The van der Waals surface area contributed by atoms with Crippen LogP contribution in [-0.4, -0.2) is 30.3 Å². The maximum absolute atomic E-state index is 12.2. The van der Waals surface area contributed by atoms with Crippen molar-refractivity contribution in [3.63, 3.8) is 0 Å². The molecule has 28 heavy (non-hydrogen) atoms. The van der Waals surface area contributed by atoms with Crippen LogP contribution in [-0.2, 0) is 0 Å². The van der Waals surface area contributed by atoms with Crippen LogP contribution < -0.4 is 10.2 Å². The maximum atomic E-state index is 12.2. The maximum Gasteiger partial charge on any atom is 0.336 e. The van der Waals surface area contributed by atoms with Crippen LogP contribution in [0.25, 0.3) is 11.3 Å². The Morgan fingerprint density at radius 1 is 1.18 bits per heavy atom. The number of amides is 1. The first-order chi connectivity index (χ1) is 13.5. The molecule has 0 bridgehead atoms. The lowest BCUT2D eigenvalue weighted by Gasteiger charge is -2.05. The van der Waals surface area contributed by atoms with Gasteiger partial charge in [0.15, 0.2) is 0 Å². The molecule has 0 spiro atoms. The van der Waals surface area contributed by atoms with Gasteiger partial charge in [0, 0.05) is 11.1 Å². The Hall–Kier alpha value is -3.14. The zero-order valence-corrected chi connectivity index (χ0v) is 16.8. The van der Waals surface area contributed by atoms with Crippen LogP contribution in [0, 0.1) is 3.57 Å². The normalized spacial score (nSPS) is 10.8. The standard InChI is InChI=1S/C20H15IN2O5/c1-27-18-10-12(6-8-16(18)21)19(24)23-22-11-13-7-9-17(28-13)14-4-2-3-5-15(14)20(25)26/h2-11H,1H3,(H,23,24)(H,25,26)/b22-11-. The lowest BCUT2D eigenvalue weighted by molar-refractivity contribution is 0.0697. The number of hydrazone groups is 1. The minimum Gasteiger partial charge on any atom is -0.496 e. The topological polar surface area (TPSA) is 101 Å². The molecule has 8 heteroatoms. The van der Waals surface area contributed by atoms with Crippen molar-refractivity contribution in [3.05, 3.63) is 75.1 Å². The second-order valence-corrected chi connectivity index (χ2v) is 6.76. The van der Waals surface area contributed by atoms with Gasteiger partial charge >= 0.3 is 5.97 Å². The summed E-state index contributed by atoms with van der Waals surface area (Å²) in [4.78, 5) is 23.5. The summed E-state index contributed by atoms with van der Waals surface area (Å²) >= 11 is 2.11. The van der Waals surface area contributed by atoms with Crippen LogP contribution in [0.15, 0.2) is 64.1 Å². The first-order valence-electron chi connectivity index (χ1n) is 8.09. The molecule has 2 N–H and O–H groups in total. The van der Waals surface area contributed by atoms with Crippen molar-refractivity contribution >= 4 is 40.7 Å². The second kappa shape index (κ2) is 8.70. The van der Waals surface area contributed by atoms with Gasteiger partial charge in [-0.2, -0.15) is 5.10 Å². The van der Waals surface area contributed by atoms with Crippen LogP contribution in [0.1, 0.15) is 26.5 Å². The molecule has 3 rings (SSSR count). The highest BCUT2D eigenvalue weighted by molar-refractivity contribution is 14.1. The highest BCUT2D eigenvalue weighted by Gasteiger charge is 2.13. The van der Waals surface area contributed by atoms with Crippen LogP contribution in [0.2, 0.25) is 0 Å². The molecule has 0 radical (unpaired) electrons. The summed E-state index contributed by atoms with van der Waals surface area (Å²) in [6, 6.07) is 14.9. The third kappa shape index (κ3) is 4.39. The van der Waals surface area contributed by atoms with E-state index in [1.54, 1.807) is 48.5 Å². The van der Waals surface area contributed by atoms with Crippen molar-refractivity contribution in [2.24, 2.45) is 5.10 Å². The number of hydrogen-bond donors (Lipinski definition) is 2. The highest BCUT2D eigenvalue weighted by atomic mass is 127. The van der Waals surface area contributed by atoms with Gasteiger partial charge in [-0.15, -0.1) is 0 Å². The third-order valence-corrected chi connectivity index (χ3v) is 4.71. The molecule has 142 valence electrons. The zero-order chi connectivity index (χ0) is 20.1. The van der Waals surface area contributed by atoms with Gasteiger partial charge in [-0.3, -0.25) is 4.79 Å². The molecular weight excluding hydrogens is 475 g/mol. The van der Waals surface area contributed by atoms with Gasteiger partial charge in [-0.25, -0.2) is 10.2 Å². The molecule has 1 amide bonds. The van der Waals surface area contributed by atoms with E-state index in [0.717, 1.165) is 3.57 Å². The average Bonchev–Trinajstić information content (AvgIpc) is 3.17. The predicted octanol–water partition coefficient (Wildman–Crippen LogP) is 4.02. The minimum atomic E-state index is -1.04. The molecule has 0 saturated heterocycles. The average molecular weight is 490 g/mol. The number of carbonyl (C=O) groups is 2. The Morgan fingerprint density at radius 3 is 2.71 bits per heavy atom. The molecule has 0 fully saturated rings. The molecule has 7 nitrogen and oxygen atoms in total. The number of nitrogens with zero attached hydrogens (tertiary/aromatic N) is 1. The molecule has 0 aliphatic carbocycles. The fourth-order valence-electron chi connectivity index (χ4n) is 2.47. The number of benzene rings is 2. The number of aromatic carboxylic acids is 1. The quantitative estimate of drug-likeness (QED) is 0.309. The predicted molar refractivity (Wildman–Crippen MR) is 112 cm³/mol. The molecule has 3 aromatic rings. The van der Waals surface area contributed by atoms with Gasteiger partial charge in [0.2, 0.25) is 0 Å². The van der Waals surface area contributed by atoms with E-state index < -0.39 is 11.9 Å². The van der Waals surface area contributed by atoms with Gasteiger partial charge in [0.25, 0.3) is 5.91 Å². The van der Waals surface area contributed by atoms with Gasteiger partial charge in [0.05, 0.1) is 22.5 Å². The Bertz CT molecular complexity index is 1060. The third-order valence-electron chi connectivity index (χ3n) is 3.82. The van der Waals surface area contributed by atoms with Crippen molar-refractivity contribution < 1.29 is 23.8 Å². The summed E-state index contributed by atoms with van der Waals surface area (Å²) in [5.74, 6) is -0.0646. The molecule has 0 atom stereocenters. The number of ether oxygens (including phenoxy) is 1. The summed E-state index contributed by atoms with van der Waals surface area (Å²) in [5, 5.41) is 13.2. The number of rotatable bonds is 6. The van der Waals surface area contributed by atoms with E-state index in [1.165, 1.54) is 19.4 Å². The highest BCUT2D eigenvalue weighted by Crippen LogP contribution is 2.25. The minimum absolute atomic E-state index is 0.140. The Balaban J connectivity index is 1.71. The van der Waals surface area contributed by atoms with Gasteiger partial charge in [-0.05, 0) is 59.0 Å². The van der Waals surface area contributed by atoms with Crippen LogP contribution >= 0.6 is 22.6 Å². The smallest absolute Gasteiger partial charge is 0.336 e. The summed E-state index contributed by atoms with van der Waals surface area (Å²) in [6.45, 7) is 0. The largest absolute Gasteiger partial charge is 0.496 e. The molecule has 1 aromatic heterocycles. The first kappa shape index (κ1) is 19.6. The van der Waals surface area contributed by atoms with Gasteiger partial charge < -0.3 is 14.3 Å².